The van der Waals surface area contributed by atoms with Crippen LogP contribution in [0.3, 0.4) is 0 Å². The lowest BCUT2D eigenvalue weighted by atomic mass is 10.0. The summed E-state index contributed by atoms with van der Waals surface area (Å²) in [4.78, 5) is 12.2. The van der Waals surface area contributed by atoms with Crippen LogP contribution in [-0.4, -0.2) is 27.5 Å². The Labute approximate surface area is 128 Å². The molecule has 1 atom stereocenters. The van der Waals surface area contributed by atoms with Crippen LogP contribution in [0.4, 0.5) is 5.69 Å². The lowest BCUT2D eigenvalue weighted by molar-refractivity contribution is 0.259. The van der Waals surface area contributed by atoms with E-state index in [1.807, 2.05) is 13.8 Å². The van der Waals surface area contributed by atoms with Crippen molar-refractivity contribution in [1.82, 2.24) is 9.78 Å². The van der Waals surface area contributed by atoms with Gasteiger partial charge in [0.15, 0.2) is 0 Å². The summed E-state index contributed by atoms with van der Waals surface area (Å²) in [5.41, 5.74) is 0.486. The van der Waals surface area contributed by atoms with Crippen molar-refractivity contribution in [2.45, 2.75) is 46.7 Å². The molecular weight excluding hydrogens is 322 g/mol. The van der Waals surface area contributed by atoms with Crippen LogP contribution in [0.15, 0.2) is 15.5 Å². The quantitative estimate of drug-likeness (QED) is 0.796. The Morgan fingerprint density at radius 1 is 1.35 bits per heavy atom. The van der Waals surface area contributed by atoms with Crippen molar-refractivity contribution in [1.29, 1.82) is 0 Å². The van der Waals surface area contributed by atoms with Gasteiger partial charge in [0.1, 0.15) is 4.47 Å². The third kappa shape index (κ3) is 4.90. The highest BCUT2D eigenvalue weighted by Gasteiger charge is 2.14. The molecule has 0 saturated heterocycles. The molecule has 0 amide bonds. The van der Waals surface area contributed by atoms with Gasteiger partial charge in [-0.2, -0.15) is 5.10 Å². The summed E-state index contributed by atoms with van der Waals surface area (Å²) in [6, 6.07) is -0.0755. The van der Waals surface area contributed by atoms with Crippen LogP contribution in [-0.2, 0) is 6.54 Å². The number of hydrogen-bond acceptors (Lipinski definition) is 4. The first-order valence-electron chi connectivity index (χ1n) is 6.98. The van der Waals surface area contributed by atoms with Gasteiger partial charge in [-0.25, -0.2) is 4.68 Å². The standard InChI is InChI=1S/C14H24BrN3O2/c1-9(2)5-11(8-19)17-12-6-16-18(7-10(3)4)14(20)13(12)15/h6,9-11,17,19H,5,7-8H2,1-4H3. The molecule has 1 heterocycles. The first-order valence-corrected chi connectivity index (χ1v) is 7.77. The zero-order valence-corrected chi connectivity index (χ0v) is 14.1. The van der Waals surface area contributed by atoms with Gasteiger partial charge in [0.05, 0.1) is 18.5 Å². The van der Waals surface area contributed by atoms with Crippen molar-refractivity contribution in [2.24, 2.45) is 11.8 Å². The minimum atomic E-state index is -0.148. The van der Waals surface area contributed by atoms with Crippen LogP contribution in [0.25, 0.3) is 0 Å². The smallest absolute Gasteiger partial charge is 0.283 e. The molecule has 20 heavy (non-hydrogen) atoms. The monoisotopic (exact) mass is 345 g/mol. The molecule has 0 aromatic carbocycles. The zero-order chi connectivity index (χ0) is 15.3. The van der Waals surface area contributed by atoms with Crippen molar-refractivity contribution >= 4 is 21.6 Å². The van der Waals surface area contributed by atoms with E-state index >= 15 is 0 Å². The molecule has 6 heteroatoms. The lowest BCUT2D eigenvalue weighted by Gasteiger charge is -2.20. The highest BCUT2D eigenvalue weighted by Crippen LogP contribution is 2.19. The van der Waals surface area contributed by atoms with Crippen LogP contribution in [0.5, 0.6) is 0 Å². The molecular formula is C14H24BrN3O2. The van der Waals surface area contributed by atoms with Crippen molar-refractivity contribution in [2.75, 3.05) is 11.9 Å². The summed E-state index contributed by atoms with van der Waals surface area (Å²) >= 11 is 3.33. The van der Waals surface area contributed by atoms with Crippen LogP contribution >= 0.6 is 15.9 Å². The second-order valence-electron chi connectivity index (χ2n) is 5.91. The number of nitrogens with zero attached hydrogens (tertiary/aromatic N) is 2. The Bertz CT molecular complexity index is 486. The molecule has 0 bridgehead atoms. The van der Waals surface area contributed by atoms with E-state index in [0.717, 1.165) is 6.42 Å². The predicted molar refractivity (Wildman–Crippen MR) is 85.0 cm³/mol. The van der Waals surface area contributed by atoms with Crippen LogP contribution in [0.1, 0.15) is 34.1 Å². The van der Waals surface area contributed by atoms with Gasteiger partial charge in [-0.1, -0.05) is 27.7 Å². The fourth-order valence-electron chi connectivity index (χ4n) is 2.01. The molecule has 1 unspecified atom stereocenters. The van der Waals surface area contributed by atoms with Crippen molar-refractivity contribution in [3.05, 3.63) is 21.0 Å². The molecule has 0 aliphatic carbocycles. The second kappa shape index (κ2) is 7.78. The maximum absolute atomic E-state index is 12.2. The Morgan fingerprint density at radius 2 is 2.00 bits per heavy atom. The van der Waals surface area contributed by atoms with Gasteiger partial charge in [-0.05, 0) is 34.2 Å². The molecule has 0 saturated carbocycles. The average Bonchev–Trinajstić information content (AvgIpc) is 2.36. The van der Waals surface area contributed by atoms with Gasteiger partial charge >= 0.3 is 0 Å². The molecule has 0 spiro atoms. The lowest BCUT2D eigenvalue weighted by Crippen LogP contribution is -2.30. The van der Waals surface area contributed by atoms with Gasteiger partial charge in [-0.3, -0.25) is 4.79 Å². The molecule has 1 aromatic heterocycles. The normalized spacial score (nSPS) is 13.0. The Morgan fingerprint density at radius 3 is 2.50 bits per heavy atom. The SMILES string of the molecule is CC(C)CC(CO)Nc1cnn(CC(C)C)c(=O)c1Br. The summed E-state index contributed by atoms with van der Waals surface area (Å²) in [6.45, 7) is 8.89. The number of aliphatic hydroxyl groups excluding tert-OH is 1. The maximum atomic E-state index is 12.2. The summed E-state index contributed by atoms with van der Waals surface area (Å²) in [5, 5.41) is 16.7. The summed E-state index contributed by atoms with van der Waals surface area (Å²) in [6.07, 6.45) is 2.47. The van der Waals surface area contributed by atoms with E-state index in [1.54, 1.807) is 6.20 Å². The number of aromatic nitrogens is 2. The minimum Gasteiger partial charge on any atom is -0.394 e. The summed E-state index contributed by atoms with van der Waals surface area (Å²) < 4.78 is 1.92. The molecule has 0 aliphatic heterocycles. The fraction of sp³-hybridized carbons (Fsp3) is 0.714. The van der Waals surface area contributed by atoms with Gasteiger partial charge in [0, 0.05) is 12.6 Å². The van der Waals surface area contributed by atoms with E-state index in [2.05, 4.69) is 40.2 Å². The first-order chi connectivity index (χ1) is 9.35. The zero-order valence-electron chi connectivity index (χ0n) is 12.6. The van der Waals surface area contributed by atoms with Gasteiger partial charge < -0.3 is 10.4 Å². The number of anilines is 1. The van der Waals surface area contributed by atoms with Crippen molar-refractivity contribution in [3.8, 4) is 0 Å². The average molecular weight is 346 g/mol. The van der Waals surface area contributed by atoms with E-state index in [0.29, 0.717) is 28.5 Å². The van der Waals surface area contributed by atoms with Crippen molar-refractivity contribution < 1.29 is 5.11 Å². The molecule has 0 aliphatic rings. The number of nitrogens with one attached hydrogen (secondary N) is 1. The topological polar surface area (TPSA) is 67.2 Å². The maximum Gasteiger partial charge on any atom is 0.283 e. The van der Waals surface area contributed by atoms with Gasteiger partial charge in [0.25, 0.3) is 5.56 Å². The van der Waals surface area contributed by atoms with Crippen LogP contribution in [0.2, 0.25) is 0 Å². The molecule has 1 aromatic rings. The van der Waals surface area contributed by atoms with Crippen molar-refractivity contribution in [3.63, 3.8) is 0 Å². The molecule has 114 valence electrons. The second-order valence-corrected chi connectivity index (χ2v) is 6.70. The van der Waals surface area contributed by atoms with Gasteiger partial charge in [-0.15, -0.1) is 0 Å². The largest absolute Gasteiger partial charge is 0.394 e. The predicted octanol–water partition coefficient (Wildman–Crippen LogP) is 2.48. The molecule has 0 fully saturated rings. The highest BCUT2D eigenvalue weighted by molar-refractivity contribution is 9.10. The number of hydrogen-bond donors (Lipinski definition) is 2. The molecule has 0 radical (unpaired) electrons. The molecule has 5 nitrogen and oxygen atoms in total. The van der Waals surface area contributed by atoms with E-state index in [-0.39, 0.29) is 18.2 Å². The summed E-state index contributed by atoms with van der Waals surface area (Å²) in [7, 11) is 0. The Hall–Kier alpha value is -0.880. The minimum absolute atomic E-state index is 0.0275. The number of aliphatic hydroxyl groups is 1. The molecule has 2 N–H and O–H groups in total. The van der Waals surface area contributed by atoms with Crippen LogP contribution < -0.4 is 10.9 Å². The summed E-state index contributed by atoms with van der Waals surface area (Å²) in [5.74, 6) is 0.824. The molecule has 1 rings (SSSR count). The third-order valence-electron chi connectivity index (χ3n) is 2.86. The van der Waals surface area contributed by atoms with Gasteiger partial charge in [0.2, 0.25) is 0 Å². The Kier molecular flexibility index (Phi) is 6.68. The van der Waals surface area contributed by atoms with Crippen LogP contribution in [0, 0.1) is 11.8 Å². The third-order valence-corrected chi connectivity index (χ3v) is 3.63. The van der Waals surface area contributed by atoms with E-state index in [4.69, 9.17) is 0 Å². The fourth-order valence-corrected chi connectivity index (χ4v) is 2.43. The van der Waals surface area contributed by atoms with E-state index in [9.17, 15) is 9.90 Å². The van der Waals surface area contributed by atoms with E-state index in [1.165, 1.54) is 4.68 Å². The number of rotatable bonds is 7. The Balaban J connectivity index is 2.92. The van der Waals surface area contributed by atoms with E-state index < -0.39 is 0 Å². The first kappa shape index (κ1) is 17.2. The highest BCUT2D eigenvalue weighted by atomic mass is 79.9. The number of halogens is 1.